The van der Waals surface area contributed by atoms with Crippen molar-refractivity contribution in [2.75, 3.05) is 38.6 Å². The quantitative estimate of drug-likeness (QED) is 0.585. The van der Waals surface area contributed by atoms with Crippen molar-refractivity contribution >= 4 is 28.7 Å². The molecule has 34 heavy (non-hydrogen) atoms. The first-order valence-corrected chi connectivity index (χ1v) is 11.5. The lowest BCUT2D eigenvalue weighted by Gasteiger charge is -2.34. The number of methoxy groups -OCH3 is 1. The summed E-state index contributed by atoms with van der Waals surface area (Å²) in [6.07, 6.45) is 0. The van der Waals surface area contributed by atoms with E-state index in [4.69, 9.17) is 9.72 Å². The summed E-state index contributed by atoms with van der Waals surface area (Å²) in [6.45, 7) is 7.37. The number of fused-ring (bicyclic) bond motifs is 1. The lowest BCUT2D eigenvalue weighted by atomic mass is 10.2. The predicted molar refractivity (Wildman–Crippen MR) is 132 cm³/mol. The molecule has 1 aliphatic heterocycles. The Kier molecular flexibility index (Phi) is 7.02. The lowest BCUT2D eigenvalue weighted by Crippen LogP contribution is -2.49. The smallest absolute Gasteiger partial charge is 0.321 e. The normalized spacial score (nSPS) is 14.4. The number of rotatable bonds is 6. The van der Waals surface area contributed by atoms with Gasteiger partial charge in [0.15, 0.2) is 0 Å². The summed E-state index contributed by atoms with van der Waals surface area (Å²) in [5, 5.41) is 5.86. The number of aryl methyl sites for hydroxylation is 1. The maximum Gasteiger partial charge on any atom is 0.321 e. The lowest BCUT2D eigenvalue weighted by molar-refractivity contribution is 0.0943. The molecule has 4 rings (SSSR count). The molecule has 180 valence electrons. The fraction of sp³-hybridized carbons (Fsp3) is 0.400. The number of nitrogens with zero attached hydrogens (tertiary/aromatic N) is 4. The number of aromatic nitrogens is 2. The van der Waals surface area contributed by atoms with Crippen LogP contribution in [0, 0.1) is 0 Å². The van der Waals surface area contributed by atoms with Crippen LogP contribution < -0.4 is 15.4 Å². The van der Waals surface area contributed by atoms with Crippen molar-refractivity contribution in [3.63, 3.8) is 0 Å². The van der Waals surface area contributed by atoms with Crippen LogP contribution in [0.25, 0.3) is 11.0 Å². The van der Waals surface area contributed by atoms with E-state index in [1.165, 1.54) is 0 Å². The Bertz CT molecular complexity index is 1180. The minimum Gasteiger partial charge on any atom is -0.497 e. The van der Waals surface area contributed by atoms with Crippen LogP contribution in [0.15, 0.2) is 42.5 Å². The first-order chi connectivity index (χ1) is 16.3. The average Bonchev–Trinajstić information content (AvgIpc) is 3.13. The van der Waals surface area contributed by atoms with Gasteiger partial charge in [0, 0.05) is 56.6 Å². The van der Waals surface area contributed by atoms with E-state index in [0.29, 0.717) is 36.6 Å². The van der Waals surface area contributed by atoms with Gasteiger partial charge >= 0.3 is 6.03 Å². The molecule has 3 amide bonds. The topological polar surface area (TPSA) is 91.7 Å². The molecule has 0 radical (unpaired) electrons. The third-order valence-corrected chi connectivity index (χ3v) is 6.00. The number of carbonyl (C=O) groups is 2. The largest absolute Gasteiger partial charge is 0.497 e. The standard InChI is InChI=1S/C25H32N6O3/c1-17(2)26-24(32)18-8-9-22-21(14-18)28-23(29(22)3)16-30-10-12-31(13-11-30)25(33)27-19-6-5-7-20(15-19)34-4/h5-9,14-15,17H,10-13,16H2,1-4H3,(H,26,32)(H,27,33). The molecule has 2 heterocycles. The summed E-state index contributed by atoms with van der Waals surface area (Å²) in [5.41, 5.74) is 3.13. The van der Waals surface area contributed by atoms with Crippen molar-refractivity contribution in [3.8, 4) is 5.75 Å². The SMILES string of the molecule is COc1cccc(NC(=O)N2CCN(Cc3nc4cc(C(=O)NC(C)C)ccc4n3C)CC2)c1. The molecule has 0 unspecified atom stereocenters. The summed E-state index contributed by atoms with van der Waals surface area (Å²) >= 11 is 0. The fourth-order valence-electron chi connectivity index (χ4n) is 4.09. The van der Waals surface area contributed by atoms with Crippen LogP contribution in [0.2, 0.25) is 0 Å². The number of carbonyl (C=O) groups excluding carboxylic acids is 2. The molecule has 0 aliphatic carbocycles. The summed E-state index contributed by atoms with van der Waals surface area (Å²) in [5.74, 6) is 1.55. The molecular formula is C25H32N6O3. The van der Waals surface area contributed by atoms with Gasteiger partial charge in [0.25, 0.3) is 5.91 Å². The van der Waals surface area contributed by atoms with E-state index >= 15 is 0 Å². The van der Waals surface area contributed by atoms with Gasteiger partial charge in [-0.3, -0.25) is 9.69 Å². The molecule has 0 saturated carbocycles. The van der Waals surface area contributed by atoms with Crippen molar-refractivity contribution in [3.05, 3.63) is 53.9 Å². The minimum absolute atomic E-state index is 0.0822. The van der Waals surface area contributed by atoms with E-state index in [2.05, 4.69) is 20.1 Å². The Morgan fingerprint density at radius 3 is 2.56 bits per heavy atom. The summed E-state index contributed by atoms with van der Waals surface area (Å²) in [6, 6.07) is 12.9. The zero-order chi connectivity index (χ0) is 24.2. The highest BCUT2D eigenvalue weighted by Crippen LogP contribution is 2.20. The highest BCUT2D eigenvalue weighted by molar-refractivity contribution is 5.97. The molecule has 1 aliphatic rings. The van der Waals surface area contributed by atoms with E-state index in [9.17, 15) is 9.59 Å². The molecule has 1 aromatic heterocycles. The van der Waals surface area contributed by atoms with Crippen LogP contribution >= 0.6 is 0 Å². The summed E-state index contributed by atoms with van der Waals surface area (Å²) in [7, 11) is 3.60. The number of nitrogens with one attached hydrogen (secondary N) is 2. The van der Waals surface area contributed by atoms with Crippen LogP contribution in [0.3, 0.4) is 0 Å². The van der Waals surface area contributed by atoms with Crippen molar-refractivity contribution in [1.29, 1.82) is 0 Å². The first-order valence-electron chi connectivity index (χ1n) is 11.5. The zero-order valence-electron chi connectivity index (χ0n) is 20.2. The van der Waals surface area contributed by atoms with Gasteiger partial charge in [-0.25, -0.2) is 9.78 Å². The number of ether oxygens (including phenoxy) is 1. The fourth-order valence-corrected chi connectivity index (χ4v) is 4.09. The second kappa shape index (κ2) is 10.1. The van der Waals surface area contributed by atoms with Crippen LogP contribution in [0.1, 0.15) is 30.0 Å². The van der Waals surface area contributed by atoms with Gasteiger partial charge in [-0.15, -0.1) is 0 Å². The highest BCUT2D eigenvalue weighted by atomic mass is 16.5. The van der Waals surface area contributed by atoms with Crippen molar-refractivity contribution in [2.45, 2.75) is 26.4 Å². The average molecular weight is 465 g/mol. The van der Waals surface area contributed by atoms with Crippen molar-refractivity contribution in [1.82, 2.24) is 24.7 Å². The summed E-state index contributed by atoms with van der Waals surface area (Å²) in [4.78, 5) is 33.9. The maximum atomic E-state index is 12.7. The van der Waals surface area contributed by atoms with Gasteiger partial charge in [-0.2, -0.15) is 0 Å². The Labute approximate surface area is 199 Å². The number of piperazine rings is 1. The third kappa shape index (κ3) is 5.31. The minimum atomic E-state index is -0.108. The molecule has 0 atom stereocenters. The van der Waals surface area contributed by atoms with E-state index in [1.54, 1.807) is 13.2 Å². The molecule has 1 saturated heterocycles. The number of anilines is 1. The Morgan fingerprint density at radius 2 is 1.85 bits per heavy atom. The predicted octanol–water partition coefficient (Wildman–Crippen LogP) is 3.07. The van der Waals surface area contributed by atoms with Gasteiger partial charge in [0.05, 0.1) is 24.7 Å². The Hall–Kier alpha value is -3.59. The summed E-state index contributed by atoms with van der Waals surface area (Å²) < 4.78 is 7.29. The highest BCUT2D eigenvalue weighted by Gasteiger charge is 2.23. The molecule has 0 bridgehead atoms. The first kappa shape index (κ1) is 23.6. The Morgan fingerprint density at radius 1 is 1.09 bits per heavy atom. The number of amides is 3. The molecule has 2 N–H and O–H groups in total. The molecule has 9 heteroatoms. The van der Waals surface area contributed by atoms with Crippen LogP contribution in [0.5, 0.6) is 5.75 Å². The van der Waals surface area contributed by atoms with E-state index in [0.717, 1.165) is 29.9 Å². The molecule has 2 aromatic carbocycles. The number of hydrogen-bond acceptors (Lipinski definition) is 5. The second-order valence-electron chi connectivity index (χ2n) is 8.84. The van der Waals surface area contributed by atoms with Crippen LogP contribution in [-0.2, 0) is 13.6 Å². The van der Waals surface area contributed by atoms with E-state index < -0.39 is 0 Å². The number of hydrogen-bond donors (Lipinski definition) is 2. The number of benzene rings is 2. The van der Waals surface area contributed by atoms with Crippen molar-refractivity contribution in [2.24, 2.45) is 7.05 Å². The second-order valence-corrected chi connectivity index (χ2v) is 8.84. The monoisotopic (exact) mass is 464 g/mol. The van der Waals surface area contributed by atoms with E-state index in [1.807, 2.05) is 62.2 Å². The van der Waals surface area contributed by atoms with Crippen molar-refractivity contribution < 1.29 is 14.3 Å². The Balaban J connectivity index is 1.36. The molecule has 0 spiro atoms. The van der Waals surface area contributed by atoms with Gasteiger partial charge < -0.3 is 24.8 Å². The maximum absolute atomic E-state index is 12.7. The molecule has 3 aromatic rings. The van der Waals surface area contributed by atoms with Gasteiger partial charge in [0.1, 0.15) is 11.6 Å². The van der Waals surface area contributed by atoms with Crippen LogP contribution in [-0.4, -0.2) is 70.6 Å². The van der Waals surface area contributed by atoms with E-state index in [-0.39, 0.29) is 18.0 Å². The van der Waals surface area contributed by atoms with Crippen LogP contribution in [0.4, 0.5) is 10.5 Å². The number of imidazole rings is 1. The molecule has 1 fully saturated rings. The zero-order valence-corrected chi connectivity index (χ0v) is 20.2. The number of urea groups is 1. The third-order valence-electron chi connectivity index (χ3n) is 6.00. The van der Waals surface area contributed by atoms with Gasteiger partial charge in [0.2, 0.25) is 0 Å². The van der Waals surface area contributed by atoms with Gasteiger partial charge in [-0.1, -0.05) is 6.07 Å². The molecular weight excluding hydrogens is 432 g/mol. The van der Waals surface area contributed by atoms with Gasteiger partial charge in [-0.05, 0) is 44.2 Å². The molecule has 9 nitrogen and oxygen atoms in total.